The van der Waals surface area contributed by atoms with Crippen LogP contribution in [0.25, 0.3) is 0 Å². The van der Waals surface area contributed by atoms with Gasteiger partial charge in [-0.1, -0.05) is 24.3 Å². The summed E-state index contributed by atoms with van der Waals surface area (Å²) < 4.78 is 0. The van der Waals surface area contributed by atoms with Crippen molar-refractivity contribution in [1.29, 1.82) is 0 Å². The number of amides is 2. The van der Waals surface area contributed by atoms with Gasteiger partial charge < -0.3 is 9.80 Å². The Morgan fingerprint density at radius 3 is 2.30 bits per heavy atom. The van der Waals surface area contributed by atoms with Gasteiger partial charge in [-0.25, -0.2) is 0 Å². The molecule has 1 aromatic rings. The number of nitrogens with zero attached hydrogens (tertiary/aromatic N) is 4. The molecule has 1 aliphatic carbocycles. The summed E-state index contributed by atoms with van der Waals surface area (Å²) in [6, 6.07) is 8.76. The van der Waals surface area contributed by atoms with Gasteiger partial charge in [-0.05, 0) is 49.7 Å². The normalized spacial score (nSPS) is 23.1. The zero-order valence-corrected chi connectivity index (χ0v) is 18.4. The number of likely N-dealkylation sites (tertiary alicyclic amines) is 1. The van der Waals surface area contributed by atoms with Gasteiger partial charge in [-0.15, -0.1) is 0 Å². The van der Waals surface area contributed by atoms with E-state index < -0.39 is 0 Å². The molecule has 30 heavy (non-hydrogen) atoms. The minimum Gasteiger partial charge on any atom is -0.342 e. The lowest BCUT2D eigenvalue weighted by Gasteiger charge is -2.38. The molecule has 6 nitrogen and oxygen atoms in total. The fourth-order valence-electron chi connectivity index (χ4n) is 5.15. The maximum absolute atomic E-state index is 13.0. The highest BCUT2D eigenvalue weighted by molar-refractivity contribution is 5.79. The monoisotopic (exact) mass is 412 g/mol. The summed E-state index contributed by atoms with van der Waals surface area (Å²) in [6.45, 7) is 6.28. The molecule has 0 spiro atoms. The highest BCUT2D eigenvalue weighted by Crippen LogP contribution is 2.33. The number of piperidine rings is 1. The third kappa shape index (κ3) is 5.03. The molecule has 6 heteroatoms. The highest BCUT2D eigenvalue weighted by atomic mass is 16.2. The summed E-state index contributed by atoms with van der Waals surface area (Å²) in [5.74, 6) is 0.476. The number of carbonyl (C=O) groups is 2. The van der Waals surface area contributed by atoms with Gasteiger partial charge in [0.05, 0.1) is 19.1 Å². The van der Waals surface area contributed by atoms with Crippen molar-refractivity contribution in [3.05, 3.63) is 35.4 Å². The van der Waals surface area contributed by atoms with Crippen molar-refractivity contribution >= 4 is 11.8 Å². The molecule has 1 atom stereocenters. The third-order valence-electron chi connectivity index (χ3n) is 7.09. The molecule has 3 aliphatic rings. The molecule has 4 rings (SSSR count). The molecule has 0 N–H and O–H groups in total. The topological polar surface area (TPSA) is 47.1 Å². The maximum Gasteiger partial charge on any atom is 0.237 e. The quantitative estimate of drug-likeness (QED) is 0.744. The van der Waals surface area contributed by atoms with E-state index in [4.69, 9.17) is 0 Å². The van der Waals surface area contributed by atoms with Gasteiger partial charge in [0.15, 0.2) is 0 Å². The molecule has 164 valence electrons. The van der Waals surface area contributed by atoms with E-state index in [1.807, 2.05) is 16.8 Å². The Morgan fingerprint density at radius 2 is 1.57 bits per heavy atom. The van der Waals surface area contributed by atoms with E-state index in [9.17, 15) is 9.59 Å². The fraction of sp³-hybridized carbons (Fsp3) is 0.667. The molecule has 2 fully saturated rings. The van der Waals surface area contributed by atoms with Crippen LogP contribution in [0.1, 0.15) is 49.3 Å². The van der Waals surface area contributed by atoms with Gasteiger partial charge >= 0.3 is 0 Å². The van der Waals surface area contributed by atoms with Crippen molar-refractivity contribution < 1.29 is 9.59 Å². The van der Waals surface area contributed by atoms with Crippen molar-refractivity contribution in [2.24, 2.45) is 0 Å². The minimum atomic E-state index is 0.200. The van der Waals surface area contributed by atoms with E-state index in [-0.39, 0.29) is 17.9 Å². The molecule has 2 amide bonds. The first-order chi connectivity index (χ1) is 14.6. The van der Waals surface area contributed by atoms with Gasteiger partial charge in [0.25, 0.3) is 0 Å². The van der Waals surface area contributed by atoms with E-state index >= 15 is 0 Å². The Hall–Kier alpha value is -1.92. The predicted molar refractivity (Wildman–Crippen MR) is 118 cm³/mol. The SMILES string of the molecule is CN(C(=O)CN1CCN(CC(=O)N2CCCCC2)CC1)C1CCCc2ccccc21. The van der Waals surface area contributed by atoms with Crippen LogP contribution in [0.15, 0.2) is 24.3 Å². The molecule has 0 bridgehead atoms. The summed E-state index contributed by atoms with van der Waals surface area (Å²) in [7, 11) is 1.96. The van der Waals surface area contributed by atoms with Gasteiger partial charge in [0.2, 0.25) is 11.8 Å². The predicted octanol–water partition coefficient (Wildman–Crippen LogP) is 2.15. The second-order valence-corrected chi connectivity index (χ2v) is 9.11. The van der Waals surface area contributed by atoms with E-state index in [1.54, 1.807) is 0 Å². The number of piperazine rings is 1. The number of hydrogen-bond donors (Lipinski definition) is 0. The number of rotatable bonds is 5. The molecule has 0 radical (unpaired) electrons. The van der Waals surface area contributed by atoms with Gasteiger partial charge in [0, 0.05) is 46.3 Å². The average Bonchev–Trinajstić information content (AvgIpc) is 2.80. The molecule has 1 unspecified atom stereocenters. The second-order valence-electron chi connectivity index (χ2n) is 9.11. The van der Waals surface area contributed by atoms with Crippen LogP contribution in [0.2, 0.25) is 0 Å². The average molecular weight is 413 g/mol. The summed E-state index contributed by atoms with van der Waals surface area (Å²) in [6.07, 6.45) is 6.83. The molecular formula is C24H36N4O2. The van der Waals surface area contributed by atoms with Crippen LogP contribution in [-0.4, -0.2) is 90.8 Å². The van der Waals surface area contributed by atoms with E-state index in [0.29, 0.717) is 13.1 Å². The Bertz CT molecular complexity index is 738. The van der Waals surface area contributed by atoms with Crippen molar-refractivity contribution in [3.8, 4) is 0 Å². The van der Waals surface area contributed by atoms with Crippen LogP contribution in [0.3, 0.4) is 0 Å². The molecular weight excluding hydrogens is 376 g/mol. The first-order valence-corrected chi connectivity index (χ1v) is 11.7. The van der Waals surface area contributed by atoms with E-state index in [2.05, 4.69) is 34.1 Å². The van der Waals surface area contributed by atoms with Crippen LogP contribution in [0.5, 0.6) is 0 Å². The molecule has 1 aromatic carbocycles. The second kappa shape index (κ2) is 9.92. The molecule has 0 saturated carbocycles. The lowest BCUT2D eigenvalue weighted by atomic mass is 9.87. The van der Waals surface area contributed by atoms with Crippen molar-refractivity contribution in [1.82, 2.24) is 19.6 Å². The van der Waals surface area contributed by atoms with E-state index in [1.165, 1.54) is 17.5 Å². The number of aryl methyl sites for hydroxylation is 1. The van der Waals surface area contributed by atoms with Crippen LogP contribution in [-0.2, 0) is 16.0 Å². The van der Waals surface area contributed by atoms with Crippen molar-refractivity contribution in [2.75, 3.05) is 59.4 Å². The fourth-order valence-corrected chi connectivity index (χ4v) is 5.15. The van der Waals surface area contributed by atoms with Crippen LogP contribution in [0, 0.1) is 0 Å². The lowest BCUT2D eigenvalue weighted by Crippen LogP contribution is -2.52. The Balaban J connectivity index is 1.24. The largest absolute Gasteiger partial charge is 0.342 e. The van der Waals surface area contributed by atoms with Gasteiger partial charge in [0.1, 0.15) is 0 Å². The third-order valence-corrected chi connectivity index (χ3v) is 7.09. The number of carbonyl (C=O) groups excluding carboxylic acids is 2. The number of benzene rings is 1. The minimum absolute atomic E-state index is 0.200. The number of fused-ring (bicyclic) bond motifs is 1. The first-order valence-electron chi connectivity index (χ1n) is 11.7. The smallest absolute Gasteiger partial charge is 0.237 e. The molecule has 2 heterocycles. The summed E-state index contributed by atoms with van der Waals surface area (Å²) >= 11 is 0. The first kappa shape index (κ1) is 21.3. The number of likely N-dealkylation sites (N-methyl/N-ethyl adjacent to an activating group) is 1. The Kier molecular flexibility index (Phi) is 7.05. The zero-order valence-electron chi connectivity index (χ0n) is 18.4. The van der Waals surface area contributed by atoms with Gasteiger partial charge in [-0.2, -0.15) is 0 Å². The number of hydrogen-bond acceptors (Lipinski definition) is 4. The van der Waals surface area contributed by atoms with Crippen molar-refractivity contribution in [3.63, 3.8) is 0 Å². The summed E-state index contributed by atoms with van der Waals surface area (Å²) in [4.78, 5) is 34.0. The van der Waals surface area contributed by atoms with E-state index in [0.717, 1.165) is 71.4 Å². The van der Waals surface area contributed by atoms with Crippen LogP contribution in [0.4, 0.5) is 0 Å². The molecule has 0 aromatic heterocycles. The standard InChI is InChI=1S/C24H36N4O2/c1-25(22-11-7-9-20-8-3-4-10-21(20)22)23(29)18-26-14-16-27(17-15-26)19-24(30)28-12-5-2-6-13-28/h3-4,8,10,22H,2,5-7,9,11-19H2,1H3. The lowest BCUT2D eigenvalue weighted by molar-refractivity contribution is -0.136. The highest BCUT2D eigenvalue weighted by Gasteiger charge is 2.29. The van der Waals surface area contributed by atoms with Gasteiger partial charge in [-0.3, -0.25) is 19.4 Å². The zero-order chi connectivity index (χ0) is 20.9. The van der Waals surface area contributed by atoms with Crippen molar-refractivity contribution in [2.45, 2.75) is 44.6 Å². The Labute approximate surface area is 180 Å². The maximum atomic E-state index is 13.0. The summed E-state index contributed by atoms with van der Waals surface area (Å²) in [5, 5.41) is 0. The molecule has 2 aliphatic heterocycles. The van der Waals surface area contributed by atoms with Crippen LogP contribution >= 0.6 is 0 Å². The molecule has 2 saturated heterocycles. The Morgan fingerprint density at radius 1 is 0.900 bits per heavy atom. The summed E-state index contributed by atoms with van der Waals surface area (Å²) in [5.41, 5.74) is 2.71. The van der Waals surface area contributed by atoms with Crippen LogP contribution < -0.4 is 0 Å².